The fraction of sp³-hybridized carbons (Fsp3) is 0.321. The van der Waals surface area contributed by atoms with E-state index in [1.165, 1.54) is 18.2 Å². The number of benzene rings is 2. The van der Waals surface area contributed by atoms with Gasteiger partial charge in [-0.3, -0.25) is 15.0 Å². The summed E-state index contributed by atoms with van der Waals surface area (Å²) >= 11 is 14.0. The standard InChI is InChI=1S/C28H28Cl2N4O2S/c1-19-26(28(36)32-33-15-5-3-6-16-33)31-34(25-14-13-23(29)18-24(25)30)27(19)22-11-9-21(10-12-22)8-4-7-17-37-20(2)35/h9-14,18H,3,5-7,15-17H2,1-2H3,(H,32,36). The Morgan fingerprint density at radius 3 is 2.49 bits per heavy atom. The summed E-state index contributed by atoms with van der Waals surface area (Å²) in [6.45, 7) is 5.12. The summed E-state index contributed by atoms with van der Waals surface area (Å²) in [7, 11) is 0. The minimum absolute atomic E-state index is 0.0999. The minimum Gasteiger partial charge on any atom is -0.288 e. The molecule has 9 heteroatoms. The summed E-state index contributed by atoms with van der Waals surface area (Å²) in [4.78, 5) is 24.3. The number of halogens is 2. The van der Waals surface area contributed by atoms with Crippen LogP contribution >= 0.6 is 35.0 Å². The zero-order chi connectivity index (χ0) is 26.4. The zero-order valence-corrected chi connectivity index (χ0v) is 23.1. The first-order chi connectivity index (χ1) is 17.8. The van der Waals surface area contributed by atoms with Crippen molar-refractivity contribution in [3.8, 4) is 28.8 Å². The number of hydrogen-bond donors (Lipinski definition) is 1. The Kier molecular flexibility index (Phi) is 9.33. The molecular weight excluding hydrogens is 527 g/mol. The summed E-state index contributed by atoms with van der Waals surface area (Å²) in [6, 6.07) is 13.0. The lowest BCUT2D eigenvalue weighted by Gasteiger charge is -2.26. The van der Waals surface area contributed by atoms with Gasteiger partial charge in [-0.2, -0.15) is 5.10 Å². The summed E-state index contributed by atoms with van der Waals surface area (Å²) in [6.07, 6.45) is 3.94. The lowest BCUT2D eigenvalue weighted by molar-refractivity contribution is -0.109. The highest BCUT2D eigenvalue weighted by atomic mass is 35.5. The van der Waals surface area contributed by atoms with E-state index in [4.69, 9.17) is 28.3 Å². The van der Waals surface area contributed by atoms with Gasteiger partial charge in [-0.15, -0.1) is 0 Å². The molecule has 0 aliphatic carbocycles. The predicted molar refractivity (Wildman–Crippen MR) is 151 cm³/mol. The Morgan fingerprint density at radius 1 is 1.08 bits per heavy atom. The first-order valence-electron chi connectivity index (χ1n) is 12.2. The largest absolute Gasteiger partial charge is 0.288 e. The van der Waals surface area contributed by atoms with E-state index in [0.717, 1.165) is 48.3 Å². The van der Waals surface area contributed by atoms with Crippen LogP contribution in [0.2, 0.25) is 10.0 Å². The monoisotopic (exact) mass is 554 g/mol. The van der Waals surface area contributed by atoms with Crippen LogP contribution in [-0.4, -0.2) is 44.7 Å². The van der Waals surface area contributed by atoms with Crippen LogP contribution in [0.1, 0.15) is 54.2 Å². The van der Waals surface area contributed by atoms with Crippen LogP contribution in [-0.2, 0) is 4.79 Å². The number of carbonyl (C=O) groups is 2. The maximum Gasteiger partial charge on any atom is 0.286 e. The second-order valence-corrected chi connectivity index (χ2v) is 10.9. The second kappa shape index (κ2) is 12.7. The maximum absolute atomic E-state index is 13.2. The molecule has 2 aromatic carbocycles. The number of amides is 1. The third-order valence-electron chi connectivity index (χ3n) is 6.01. The number of nitrogens with zero attached hydrogens (tertiary/aromatic N) is 3. The molecule has 4 rings (SSSR count). The third-order valence-corrected chi connectivity index (χ3v) is 7.37. The second-order valence-electron chi connectivity index (χ2n) is 8.79. The number of aromatic nitrogens is 2. The molecule has 1 fully saturated rings. The Hall–Kier alpha value is -2.76. The molecule has 0 bridgehead atoms. The number of rotatable bonds is 6. The quantitative estimate of drug-likeness (QED) is 0.285. The van der Waals surface area contributed by atoms with Gasteiger partial charge < -0.3 is 0 Å². The van der Waals surface area contributed by atoms with Gasteiger partial charge in [0.05, 0.1) is 16.4 Å². The topological polar surface area (TPSA) is 67.2 Å². The van der Waals surface area contributed by atoms with Crippen molar-refractivity contribution in [1.82, 2.24) is 20.2 Å². The molecule has 1 saturated heterocycles. The van der Waals surface area contributed by atoms with Gasteiger partial charge in [0.15, 0.2) is 10.8 Å². The predicted octanol–water partition coefficient (Wildman–Crippen LogP) is 6.31. The fourth-order valence-corrected chi connectivity index (χ4v) is 5.18. The van der Waals surface area contributed by atoms with Gasteiger partial charge in [-0.25, -0.2) is 9.69 Å². The Morgan fingerprint density at radius 2 is 1.81 bits per heavy atom. The Balaban J connectivity index is 1.67. The van der Waals surface area contributed by atoms with Crippen LogP contribution in [0.15, 0.2) is 42.5 Å². The highest BCUT2D eigenvalue weighted by Crippen LogP contribution is 2.33. The molecule has 192 valence electrons. The number of thioether (sulfide) groups is 1. The number of nitrogens with one attached hydrogen (secondary N) is 1. The first kappa shape index (κ1) is 27.3. The van der Waals surface area contributed by atoms with Crippen molar-refractivity contribution in [3.05, 3.63) is 69.3 Å². The third kappa shape index (κ3) is 6.97. The van der Waals surface area contributed by atoms with Crippen LogP contribution in [0.4, 0.5) is 0 Å². The van der Waals surface area contributed by atoms with Crippen LogP contribution in [0.5, 0.6) is 0 Å². The summed E-state index contributed by atoms with van der Waals surface area (Å²) in [5.74, 6) is 6.69. The van der Waals surface area contributed by atoms with Crippen molar-refractivity contribution in [2.45, 2.75) is 39.5 Å². The van der Waals surface area contributed by atoms with Gasteiger partial charge in [0.1, 0.15) is 0 Å². The molecule has 6 nitrogen and oxygen atoms in total. The van der Waals surface area contributed by atoms with Crippen molar-refractivity contribution in [2.75, 3.05) is 18.8 Å². The van der Waals surface area contributed by atoms with E-state index in [1.807, 2.05) is 36.2 Å². The molecule has 37 heavy (non-hydrogen) atoms. The number of piperidine rings is 1. The first-order valence-corrected chi connectivity index (χ1v) is 13.9. The molecule has 1 amide bonds. The van der Waals surface area contributed by atoms with Gasteiger partial charge in [0.25, 0.3) is 5.91 Å². The zero-order valence-electron chi connectivity index (χ0n) is 20.8. The van der Waals surface area contributed by atoms with E-state index in [0.29, 0.717) is 33.6 Å². The van der Waals surface area contributed by atoms with Crippen molar-refractivity contribution >= 4 is 46.0 Å². The number of carbonyl (C=O) groups excluding carboxylic acids is 2. The number of hydrogen-bond acceptors (Lipinski definition) is 5. The molecular formula is C28H28Cl2N4O2S. The highest BCUT2D eigenvalue weighted by molar-refractivity contribution is 8.13. The van der Waals surface area contributed by atoms with E-state index in [-0.39, 0.29) is 11.0 Å². The van der Waals surface area contributed by atoms with Gasteiger partial charge in [0.2, 0.25) is 0 Å². The lowest BCUT2D eigenvalue weighted by atomic mass is 10.0. The highest BCUT2D eigenvalue weighted by Gasteiger charge is 2.24. The van der Waals surface area contributed by atoms with E-state index < -0.39 is 0 Å². The molecule has 0 saturated carbocycles. The smallest absolute Gasteiger partial charge is 0.286 e. The summed E-state index contributed by atoms with van der Waals surface area (Å²) < 4.78 is 1.71. The van der Waals surface area contributed by atoms with E-state index in [9.17, 15) is 9.59 Å². The molecule has 0 unspecified atom stereocenters. The number of hydrazine groups is 1. The molecule has 0 radical (unpaired) electrons. The molecule has 0 atom stereocenters. The van der Waals surface area contributed by atoms with Gasteiger partial charge in [-0.1, -0.05) is 65.4 Å². The minimum atomic E-state index is -0.240. The lowest BCUT2D eigenvalue weighted by Crippen LogP contribution is -2.45. The fourth-order valence-electron chi connectivity index (χ4n) is 4.20. The Bertz CT molecular complexity index is 1350. The summed E-state index contributed by atoms with van der Waals surface area (Å²) in [5, 5.41) is 7.73. The van der Waals surface area contributed by atoms with Crippen LogP contribution in [0.25, 0.3) is 16.9 Å². The van der Waals surface area contributed by atoms with Gasteiger partial charge in [0, 0.05) is 53.9 Å². The normalized spacial score (nSPS) is 13.6. The van der Waals surface area contributed by atoms with E-state index in [2.05, 4.69) is 17.3 Å². The van der Waals surface area contributed by atoms with Gasteiger partial charge >= 0.3 is 0 Å². The molecule has 1 aliphatic rings. The van der Waals surface area contributed by atoms with Crippen LogP contribution in [0, 0.1) is 18.8 Å². The molecule has 1 aromatic heterocycles. The summed E-state index contributed by atoms with van der Waals surface area (Å²) in [5.41, 5.74) is 7.26. The molecule has 3 aromatic rings. The SMILES string of the molecule is CC(=O)SCCC#Cc1ccc(-c2c(C)c(C(=O)NN3CCCCC3)nn2-c2ccc(Cl)cc2Cl)cc1. The van der Waals surface area contributed by atoms with Crippen molar-refractivity contribution in [1.29, 1.82) is 0 Å². The van der Waals surface area contributed by atoms with Crippen molar-refractivity contribution < 1.29 is 9.59 Å². The van der Waals surface area contributed by atoms with Crippen molar-refractivity contribution in [2.24, 2.45) is 0 Å². The molecule has 0 spiro atoms. The van der Waals surface area contributed by atoms with E-state index in [1.54, 1.807) is 29.8 Å². The molecule has 1 N–H and O–H groups in total. The van der Waals surface area contributed by atoms with Crippen LogP contribution in [0.3, 0.4) is 0 Å². The van der Waals surface area contributed by atoms with Gasteiger partial charge in [-0.05, 0) is 50.1 Å². The van der Waals surface area contributed by atoms with E-state index >= 15 is 0 Å². The average molecular weight is 556 g/mol. The molecule has 2 heterocycles. The van der Waals surface area contributed by atoms with Crippen LogP contribution < -0.4 is 5.43 Å². The molecule has 1 aliphatic heterocycles. The average Bonchev–Trinajstić information content (AvgIpc) is 3.21. The maximum atomic E-state index is 13.2. The van der Waals surface area contributed by atoms with Crippen molar-refractivity contribution in [3.63, 3.8) is 0 Å². The Labute approximate surface area is 231 Å².